The number of hydrogen-bond acceptors (Lipinski definition) is 3. The van der Waals surface area contributed by atoms with Crippen molar-refractivity contribution < 1.29 is 14.3 Å². The van der Waals surface area contributed by atoms with Crippen molar-refractivity contribution in [3.05, 3.63) is 53.5 Å². The molecule has 0 unspecified atom stereocenters. The van der Waals surface area contributed by atoms with E-state index in [2.05, 4.69) is 9.88 Å². The van der Waals surface area contributed by atoms with Crippen molar-refractivity contribution in [2.75, 3.05) is 26.2 Å². The zero-order valence-corrected chi connectivity index (χ0v) is 13.6. The molecule has 0 atom stereocenters. The molecule has 1 aromatic heterocycles. The molecule has 0 bridgehead atoms. The minimum Gasteiger partial charge on any atom is -0.465 e. The van der Waals surface area contributed by atoms with Gasteiger partial charge in [-0.1, -0.05) is 18.2 Å². The average Bonchev–Trinajstić information content (AvgIpc) is 2.57. The van der Waals surface area contributed by atoms with Crippen molar-refractivity contribution in [1.82, 2.24) is 14.8 Å². The molecule has 1 fully saturated rings. The second-order valence-electron chi connectivity index (χ2n) is 6.02. The maximum atomic E-state index is 14.4. The molecule has 2 heterocycles. The summed E-state index contributed by atoms with van der Waals surface area (Å²) in [4.78, 5) is 18.8. The van der Waals surface area contributed by atoms with Crippen molar-refractivity contribution >= 4 is 6.09 Å². The summed E-state index contributed by atoms with van der Waals surface area (Å²) in [5.74, 6) is -0.253. The second kappa shape index (κ2) is 6.97. The predicted molar refractivity (Wildman–Crippen MR) is 89.2 cm³/mol. The molecular weight excluding hydrogens is 309 g/mol. The number of pyridine rings is 1. The number of amides is 1. The van der Waals surface area contributed by atoms with Crippen LogP contribution in [0, 0.1) is 12.7 Å². The van der Waals surface area contributed by atoms with Gasteiger partial charge in [-0.3, -0.25) is 9.88 Å². The lowest BCUT2D eigenvalue weighted by molar-refractivity contribution is 0.102. The SMILES string of the molecule is Cc1cccc(-c2ccc(CN3CCN(C(=O)O)CC3)c(F)c2)n1. The molecule has 5 nitrogen and oxygen atoms in total. The molecule has 126 valence electrons. The number of benzene rings is 1. The Labute approximate surface area is 140 Å². The number of carbonyl (C=O) groups is 1. The molecule has 0 saturated carbocycles. The number of piperazine rings is 1. The Kier molecular flexibility index (Phi) is 4.76. The van der Waals surface area contributed by atoms with E-state index in [9.17, 15) is 9.18 Å². The van der Waals surface area contributed by atoms with Gasteiger partial charge in [-0.05, 0) is 25.1 Å². The van der Waals surface area contributed by atoms with Crippen molar-refractivity contribution in [3.8, 4) is 11.3 Å². The van der Waals surface area contributed by atoms with E-state index < -0.39 is 6.09 Å². The van der Waals surface area contributed by atoms with Crippen LogP contribution in [0.25, 0.3) is 11.3 Å². The lowest BCUT2D eigenvalue weighted by Gasteiger charge is -2.33. The molecule has 1 aliphatic heterocycles. The van der Waals surface area contributed by atoms with Gasteiger partial charge in [-0.25, -0.2) is 9.18 Å². The van der Waals surface area contributed by atoms with Crippen LogP contribution in [0.2, 0.25) is 0 Å². The lowest BCUT2D eigenvalue weighted by atomic mass is 10.1. The maximum absolute atomic E-state index is 14.4. The van der Waals surface area contributed by atoms with E-state index in [1.807, 2.05) is 31.2 Å². The summed E-state index contributed by atoms with van der Waals surface area (Å²) >= 11 is 0. The van der Waals surface area contributed by atoms with Crippen LogP contribution in [-0.2, 0) is 6.54 Å². The van der Waals surface area contributed by atoms with Crippen LogP contribution in [0.4, 0.5) is 9.18 Å². The Hall–Kier alpha value is -2.47. The third-order valence-corrected chi connectivity index (χ3v) is 4.27. The van der Waals surface area contributed by atoms with Gasteiger partial charge >= 0.3 is 6.09 Å². The predicted octanol–water partition coefficient (Wildman–Crippen LogP) is 2.99. The van der Waals surface area contributed by atoms with E-state index in [0.717, 1.165) is 17.0 Å². The van der Waals surface area contributed by atoms with Crippen LogP contribution in [-0.4, -0.2) is 52.2 Å². The number of aryl methyl sites for hydroxylation is 1. The number of aromatic nitrogens is 1. The molecule has 0 radical (unpaired) electrons. The fraction of sp³-hybridized carbons (Fsp3) is 0.333. The Morgan fingerprint density at radius 3 is 2.58 bits per heavy atom. The molecule has 0 spiro atoms. The van der Waals surface area contributed by atoms with E-state index in [1.165, 1.54) is 11.0 Å². The van der Waals surface area contributed by atoms with Gasteiger partial charge in [-0.2, -0.15) is 0 Å². The summed E-state index contributed by atoms with van der Waals surface area (Å²) in [5, 5.41) is 8.96. The smallest absolute Gasteiger partial charge is 0.407 e. The summed E-state index contributed by atoms with van der Waals surface area (Å²) in [6, 6.07) is 10.9. The van der Waals surface area contributed by atoms with Crippen LogP contribution in [0.3, 0.4) is 0 Å². The Morgan fingerprint density at radius 2 is 1.96 bits per heavy atom. The van der Waals surface area contributed by atoms with Crippen LogP contribution in [0.5, 0.6) is 0 Å². The Bertz CT molecular complexity index is 743. The molecule has 24 heavy (non-hydrogen) atoms. The fourth-order valence-corrected chi connectivity index (χ4v) is 2.88. The van der Waals surface area contributed by atoms with Crippen LogP contribution >= 0.6 is 0 Å². The number of carboxylic acid groups (broad SMARTS) is 1. The van der Waals surface area contributed by atoms with E-state index in [1.54, 1.807) is 6.07 Å². The molecule has 1 aromatic carbocycles. The van der Waals surface area contributed by atoms with Crippen molar-refractivity contribution in [2.45, 2.75) is 13.5 Å². The van der Waals surface area contributed by atoms with Crippen molar-refractivity contribution in [3.63, 3.8) is 0 Å². The molecule has 2 aromatic rings. The highest BCUT2D eigenvalue weighted by Gasteiger charge is 2.21. The summed E-state index contributed by atoms with van der Waals surface area (Å²) in [6.45, 7) is 4.55. The van der Waals surface area contributed by atoms with Gasteiger partial charge in [0.2, 0.25) is 0 Å². The minimum atomic E-state index is -0.893. The molecule has 3 rings (SSSR count). The van der Waals surface area contributed by atoms with Gasteiger partial charge in [0.25, 0.3) is 0 Å². The number of nitrogens with zero attached hydrogens (tertiary/aromatic N) is 3. The summed E-state index contributed by atoms with van der Waals surface area (Å²) in [5.41, 5.74) is 3.04. The quantitative estimate of drug-likeness (QED) is 0.940. The number of halogens is 1. The first-order valence-corrected chi connectivity index (χ1v) is 7.95. The summed E-state index contributed by atoms with van der Waals surface area (Å²) in [6.07, 6.45) is -0.893. The molecule has 0 aliphatic carbocycles. The van der Waals surface area contributed by atoms with E-state index in [0.29, 0.717) is 38.3 Å². The van der Waals surface area contributed by atoms with E-state index in [-0.39, 0.29) is 5.82 Å². The monoisotopic (exact) mass is 329 g/mol. The third-order valence-electron chi connectivity index (χ3n) is 4.27. The van der Waals surface area contributed by atoms with E-state index >= 15 is 0 Å². The standard InChI is InChI=1S/C18H20FN3O2/c1-13-3-2-4-17(20-13)14-5-6-15(16(19)11-14)12-21-7-9-22(10-8-21)18(23)24/h2-6,11H,7-10,12H2,1H3,(H,23,24). The van der Waals surface area contributed by atoms with E-state index in [4.69, 9.17) is 5.11 Å². The number of hydrogen-bond donors (Lipinski definition) is 1. The fourth-order valence-electron chi connectivity index (χ4n) is 2.88. The lowest BCUT2D eigenvalue weighted by Crippen LogP contribution is -2.47. The van der Waals surface area contributed by atoms with Crippen LogP contribution < -0.4 is 0 Å². The average molecular weight is 329 g/mol. The van der Waals surface area contributed by atoms with Gasteiger partial charge in [0.05, 0.1) is 5.69 Å². The topological polar surface area (TPSA) is 56.7 Å². The third kappa shape index (κ3) is 3.71. The summed E-state index contributed by atoms with van der Waals surface area (Å²) < 4.78 is 14.4. The van der Waals surface area contributed by atoms with Crippen molar-refractivity contribution in [2.24, 2.45) is 0 Å². The van der Waals surface area contributed by atoms with Gasteiger partial charge < -0.3 is 10.0 Å². The first-order valence-electron chi connectivity index (χ1n) is 7.95. The highest BCUT2D eigenvalue weighted by atomic mass is 19.1. The van der Waals surface area contributed by atoms with Crippen LogP contribution in [0.1, 0.15) is 11.3 Å². The van der Waals surface area contributed by atoms with Crippen molar-refractivity contribution in [1.29, 1.82) is 0 Å². The normalized spacial score (nSPS) is 15.5. The first-order chi connectivity index (χ1) is 11.5. The van der Waals surface area contributed by atoms with Gasteiger partial charge in [0, 0.05) is 49.5 Å². The molecule has 6 heteroatoms. The van der Waals surface area contributed by atoms with Gasteiger partial charge in [0.15, 0.2) is 0 Å². The zero-order valence-electron chi connectivity index (χ0n) is 13.6. The highest BCUT2D eigenvalue weighted by Crippen LogP contribution is 2.21. The Morgan fingerprint density at radius 1 is 1.21 bits per heavy atom. The van der Waals surface area contributed by atoms with Gasteiger partial charge in [-0.15, -0.1) is 0 Å². The molecule has 1 N–H and O–H groups in total. The largest absolute Gasteiger partial charge is 0.465 e. The minimum absolute atomic E-state index is 0.253. The first kappa shape index (κ1) is 16.4. The molecule has 1 amide bonds. The summed E-state index contributed by atoms with van der Waals surface area (Å²) in [7, 11) is 0. The number of rotatable bonds is 3. The second-order valence-corrected chi connectivity index (χ2v) is 6.02. The maximum Gasteiger partial charge on any atom is 0.407 e. The van der Waals surface area contributed by atoms with Crippen LogP contribution in [0.15, 0.2) is 36.4 Å². The molecular formula is C18H20FN3O2. The highest BCUT2D eigenvalue weighted by molar-refractivity contribution is 5.65. The Balaban J connectivity index is 1.69. The molecule has 1 aliphatic rings. The zero-order chi connectivity index (χ0) is 17.1. The van der Waals surface area contributed by atoms with Gasteiger partial charge in [0.1, 0.15) is 5.82 Å². The molecule has 1 saturated heterocycles.